The summed E-state index contributed by atoms with van der Waals surface area (Å²) in [6, 6.07) is 6.06. The van der Waals surface area contributed by atoms with Crippen molar-refractivity contribution in [2.24, 2.45) is 11.7 Å². The van der Waals surface area contributed by atoms with Crippen LogP contribution in [0.4, 0.5) is 0 Å². The first-order valence-electron chi connectivity index (χ1n) is 7.78. The second-order valence-corrected chi connectivity index (χ2v) is 6.82. The molecule has 1 aliphatic heterocycles. The van der Waals surface area contributed by atoms with Gasteiger partial charge in [0.05, 0.1) is 0 Å². The molecule has 1 fully saturated rings. The summed E-state index contributed by atoms with van der Waals surface area (Å²) < 4.78 is 11.1. The lowest BCUT2D eigenvalue weighted by Gasteiger charge is -2.18. The van der Waals surface area contributed by atoms with Crippen molar-refractivity contribution < 1.29 is 14.3 Å². The van der Waals surface area contributed by atoms with Crippen LogP contribution in [0.2, 0.25) is 0 Å². The normalized spacial score (nSPS) is 17.1. The van der Waals surface area contributed by atoms with E-state index in [-0.39, 0.29) is 24.4 Å². The van der Waals surface area contributed by atoms with Crippen molar-refractivity contribution in [3.63, 3.8) is 0 Å². The van der Waals surface area contributed by atoms with Crippen LogP contribution in [0.25, 0.3) is 0 Å². The van der Waals surface area contributed by atoms with Crippen LogP contribution in [0, 0.1) is 5.92 Å². The predicted octanol–water partition coefficient (Wildman–Crippen LogP) is 2.22. The standard InChI is InChI=1S/C16H22N2O3S.ClH/c17-10-13(11-1-2-11)18-16(19)5-8-22-12-3-4-14-15(9-12)21-7-6-20-14;/h3-4,9,11,13H,1-2,5-8,10,17H2,(H,18,19);1H. The van der Waals surface area contributed by atoms with E-state index in [0.29, 0.717) is 32.1 Å². The number of nitrogens with one attached hydrogen (secondary N) is 1. The SMILES string of the molecule is Cl.NCC(NC(=O)CCSc1ccc2c(c1)OCCO2)C1CC1. The first-order chi connectivity index (χ1) is 10.8. The van der Waals surface area contributed by atoms with Crippen molar-refractivity contribution in [2.75, 3.05) is 25.5 Å². The van der Waals surface area contributed by atoms with E-state index >= 15 is 0 Å². The maximum absolute atomic E-state index is 11.9. The lowest BCUT2D eigenvalue weighted by molar-refractivity contribution is -0.121. The summed E-state index contributed by atoms with van der Waals surface area (Å²) in [4.78, 5) is 13.0. The Kier molecular flexibility index (Phi) is 6.87. The molecule has 7 heteroatoms. The number of nitrogens with two attached hydrogens (primary N) is 1. The fraction of sp³-hybridized carbons (Fsp3) is 0.562. The molecule has 23 heavy (non-hydrogen) atoms. The van der Waals surface area contributed by atoms with E-state index in [4.69, 9.17) is 15.2 Å². The molecule has 2 aliphatic rings. The fourth-order valence-corrected chi connectivity index (χ4v) is 3.40. The Balaban J connectivity index is 0.00000192. The summed E-state index contributed by atoms with van der Waals surface area (Å²) in [5, 5.41) is 3.04. The van der Waals surface area contributed by atoms with Crippen LogP contribution in [-0.2, 0) is 4.79 Å². The molecule has 3 rings (SSSR count). The molecule has 1 heterocycles. The lowest BCUT2D eigenvalue weighted by atomic mass is 10.2. The van der Waals surface area contributed by atoms with Crippen molar-refractivity contribution in [3.8, 4) is 11.5 Å². The molecule has 0 radical (unpaired) electrons. The number of halogens is 1. The highest BCUT2D eigenvalue weighted by atomic mass is 35.5. The van der Waals surface area contributed by atoms with Gasteiger partial charge in [0, 0.05) is 29.7 Å². The van der Waals surface area contributed by atoms with E-state index in [9.17, 15) is 4.79 Å². The molecule has 1 aromatic carbocycles. The number of thioether (sulfide) groups is 1. The van der Waals surface area contributed by atoms with E-state index in [1.165, 1.54) is 12.8 Å². The average Bonchev–Trinajstić information content (AvgIpc) is 3.37. The molecular weight excluding hydrogens is 336 g/mol. The van der Waals surface area contributed by atoms with Crippen LogP contribution >= 0.6 is 24.2 Å². The largest absolute Gasteiger partial charge is 0.486 e. The molecule has 0 spiro atoms. The van der Waals surface area contributed by atoms with Gasteiger partial charge in [-0.2, -0.15) is 0 Å². The molecule has 1 aliphatic carbocycles. The summed E-state index contributed by atoms with van der Waals surface area (Å²) in [5.41, 5.74) is 5.70. The average molecular weight is 359 g/mol. The summed E-state index contributed by atoms with van der Waals surface area (Å²) in [5.74, 6) is 3.01. The van der Waals surface area contributed by atoms with Crippen molar-refractivity contribution in [3.05, 3.63) is 18.2 Å². The molecule has 0 bridgehead atoms. The van der Waals surface area contributed by atoms with Crippen LogP contribution in [-0.4, -0.2) is 37.5 Å². The van der Waals surface area contributed by atoms with Gasteiger partial charge in [0.1, 0.15) is 13.2 Å². The molecule has 1 atom stereocenters. The third-order valence-corrected chi connectivity index (χ3v) is 4.90. The maximum atomic E-state index is 11.9. The van der Waals surface area contributed by atoms with Crippen molar-refractivity contribution in [2.45, 2.75) is 30.2 Å². The van der Waals surface area contributed by atoms with Crippen LogP contribution in [0.1, 0.15) is 19.3 Å². The Morgan fingerprint density at radius 1 is 1.30 bits per heavy atom. The number of rotatable bonds is 7. The highest BCUT2D eigenvalue weighted by Gasteiger charge is 2.30. The topological polar surface area (TPSA) is 73.6 Å². The molecule has 1 amide bonds. The first-order valence-corrected chi connectivity index (χ1v) is 8.76. The smallest absolute Gasteiger partial charge is 0.221 e. The van der Waals surface area contributed by atoms with Gasteiger partial charge >= 0.3 is 0 Å². The zero-order chi connectivity index (χ0) is 15.4. The van der Waals surface area contributed by atoms with E-state index in [1.54, 1.807) is 11.8 Å². The molecule has 128 valence electrons. The number of carbonyl (C=O) groups is 1. The monoisotopic (exact) mass is 358 g/mol. The van der Waals surface area contributed by atoms with Gasteiger partial charge in [-0.05, 0) is 37.0 Å². The van der Waals surface area contributed by atoms with Crippen LogP contribution in [0.15, 0.2) is 23.1 Å². The molecule has 1 unspecified atom stereocenters. The number of hydrogen-bond donors (Lipinski definition) is 2. The first kappa shape index (κ1) is 18.2. The van der Waals surface area contributed by atoms with Gasteiger partial charge in [0.25, 0.3) is 0 Å². The van der Waals surface area contributed by atoms with Gasteiger partial charge < -0.3 is 20.5 Å². The van der Waals surface area contributed by atoms with Crippen LogP contribution in [0.3, 0.4) is 0 Å². The Morgan fingerprint density at radius 2 is 2.04 bits per heavy atom. The molecule has 1 aromatic rings. The van der Waals surface area contributed by atoms with E-state index in [1.807, 2.05) is 18.2 Å². The Labute approximate surface area is 147 Å². The van der Waals surface area contributed by atoms with Crippen molar-refractivity contribution >= 4 is 30.1 Å². The van der Waals surface area contributed by atoms with E-state index in [0.717, 1.165) is 22.1 Å². The fourth-order valence-electron chi connectivity index (χ4n) is 2.52. The number of ether oxygens (including phenoxy) is 2. The third kappa shape index (κ3) is 5.19. The minimum Gasteiger partial charge on any atom is -0.486 e. The Hall–Kier alpha value is -1.11. The molecular formula is C16H23ClN2O3S. The number of carbonyl (C=O) groups excluding carboxylic acids is 1. The summed E-state index contributed by atoms with van der Waals surface area (Å²) >= 11 is 1.65. The van der Waals surface area contributed by atoms with Crippen molar-refractivity contribution in [1.29, 1.82) is 0 Å². The van der Waals surface area contributed by atoms with E-state index < -0.39 is 0 Å². The van der Waals surface area contributed by atoms with Gasteiger partial charge in [-0.3, -0.25) is 4.79 Å². The predicted molar refractivity (Wildman–Crippen MR) is 93.7 cm³/mol. The van der Waals surface area contributed by atoms with Gasteiger partial charge in [-0.25, -0.2) is 0 Å². The Bertz CT molecular complexity index is 540. The zero-order valence-electron chi connectivity index (χ0n) is 13.0. The van der Waals surface area contributed by atoms with Gasteiger partial charge in [-0.15, -0.1) is 24.2 Å². The maximum Gasteiger partial charge on any atom is 0.221 e. The molecule has 0 aromatic heterocycles. The van der Waals surface area contributed by atoms with Crippen molar-refractivity contribution in [1.82, 2.24) is 5.32 Å². The van der Waals surface area contributed by atoms with Gasteiger partial charge in [0.15, 0.2) is 11.5 Å². The molecule has 0 saturated heterocycles. The zero-order valence-corrected chi connectivity index (χ0v) is 14.6. The quantitative estimate of drug-likeness (QED) is 0.731. The number of hydrogen-bond acceptors (Lipinski definition) is 5. The van der Waals surface area contributed by atoms with E-state index in [2.05, 4.69) is 5.32 Å². The second-order valence-electron chi connectivity index (χ2n) is 5.65. The van der Waals surface area contributed by atoms with Gasteiger partial charge in [-0.1, -0.05) is 0 Å². The van der Waals surface area contributed by atoms with Crippen LogP contribution in [0.5, 0.6) is 11.5 Å². The molecule has 3 N–H and O–H groups in total. The second kappa shape index (κ2) is 8.66. The summed E-state index contributed by atoms with van der Waals surface area (Å²) in [7, 11) is 0. The highest BCUT2D eigenvalue weighted by Crippen LogP contribution is 2.34. The number of benzene rings is 1. The summed E-state index contributed by atoms with van der Waals surface area (Å²) in [6.45, 7) is 1.72. The molecule has 1 saturated carbocycles. The van der Waals surface area contributed by atoms with Crippen LogP contribution < -0.4 is 20.5 Å². The number of amides is 1. The lowest BCUT2D eigenvalue weighted by Crippen LogP contribution is -2.41. The number of fused-ring (bicyclic) bond motifs is 1. The minimum absolute atomic E-state index is 0. The minimum atomic E-state index is 0. The molecule has 5 nitrogen and oxygen atoms in total. The third-order valence-electron chi connectivity index (χ3n) is 3.90. The Morgan fingerprint density at radius 3 is 2.74 bits per heavy atom. The highest BCUT2D eigenvalue weighted by molar-refractivity contribution is 7.99. The van der Waals surface area contributed by atoms with Gasteiger partial charge in [0.2, 0.25) is 5.91 Å². The summed E-state index contributed by atoms with van der Waals surface area (Å²) in [6.07, 6.45) is 2.88.